The van der Waals surface area contributed by atoms with Crippen LogP contribution in [0.4, 0.5) is 0 Å². The topological polar surface area (TPSA) is 35.5 Å². The van der Waals surface area contributed by atoms with Crippen LogP contribution in [-0.4, -0.2) is 13.1 Å². The molecule has 3 nitrogen and oxygen atoms in total. The molecule has 0 heterocycles. The highest BCUT2D eigenvalue weighted by molar-refractivity contribution is 6.13. The molecule has 94 valence electrons. The minimum atomic E-state index is -0.454. The minimum absolute atomic E-state index is 0.381. The lowest BCUT2D eigenvalue weighted by Gasteiger charge is -2.09. The summed E-state index contributed by atoms with van der Waals surface area (Å²) in [6, 6.07) is 11.6. The smallest absolute Gasteiger partial charge is 0.331 e. The number of methoxy groups -OCH3 is 1. The van der Waals surface area contributed by atoms with Crippen LogP contribution >= 0.6 is 11.9 Å². The zero-order chi connectivity index (χ0) is 13.1. The monoisotopic (exact) mass is 264 g/mol. The Labute approximate surface area is 110 Å². The van der Waals surface area contributed by atoms with Crippen LogP contribution in [0.1, 0.15) is 18.4 Å². The zero-order valence-corrected chi connectivity index (χ0v) is 10.9. The molecule has 0 aliphatic carbocycles. The summed E-state index contributed by atoms with van der Waals surface area (Å²) in [5, 5.41) is 2.10. The fourth-order valence-corrected chi connectivity index (χ4v) is 1.98. The fourth-order valence-electron chi connectivity index (χ4n) is 1.84. The fraction of sp³-hybridized carbons (Fsp3) is 0.214. The van der Waals surface area contributed by atoms with Crippen molar-refractivity contribution >= 4 is 28.6 Å². The summed E-state index contributed by atoms with van der Waals surface area (Å²) >= 11 is 5.09. The van der Waals surface area contributed by atoms with Gasteiger partial charge in [0.05, 0.1) is 13.0 Å². The normalized spacial score (nSPS) is 12.2. The Hall–Kier alpha value is -1.74. The van der Waals surface area contributed by atoms with E-state index in [0.717, 1.165) is 22.1 Å². The molecule has 0 fully saturated rings. The Morgan fingerprint density at radius 2 is 1.83 bits per heavy atom. The first-order valence-electron chi connectivity index (χ1n) is 5.56. The van der Waals surface area contributed by atoms with Crippen molar-refractivity contribution in [2.45, 2.75) is 12.8 Å². The van der Waals surface area contributed by atoms with Gasteiger partial charge >= 0.3 is 5.97 Å². The lowest BCUT2D eigenvalue weighted by Crippen LogP contribution is -2.08. The number of benzene rings is 2. The van der Waals surface area contributed by atoms with Crippen LogP contribution in [0.5, 0.6) is 5.75 Å². The Morgan fingerprint density at radius 1 is 1.17 bits per heavy atom. The predicted molar refractivity (Wildman–Crippen MR) is 70.9 cm³/mol. The number of fused-ring (bicyclic) bond motifs is 1. The maximum absolute atomic E-state index is 11.4. The lowest BCUT2D eigenvalue weighted by atomic mass is 9.98. The minimum Gasteiger partial charge on any atom is -0.497 e. The third-order valence-electron chi connectivity index (χ3n) is 3.00. The van der Waals surface area contributed by atoms with E-state index in [9.17, 15) is 4.79 Å². The van der Waals surface area contributed by atoms with Crippen LogP contribution in [0, 0.1) is 0 Å². The van der Waals surface area contributed by atoms with Gasteiger partial charge in [-0.15, -0.1) is 0 Å². The van der Waals surface area contributed by atoms with Crippen molar-refractivity contribution in [2.24, 2.45) is 0 Å². The Balaban J connectivity index is 2.42. The molecule has 1 unspecified atom stereocenters. The molecule has 0 spiro atoms. The Morgan fingerprint density at radius 3 is 2.50 bits per heavy atom. The van der Waals surface area contributed by atoms with Crippen LogP contribution in [0.2, 0.25) is 0 Å². The van der Waals surface area contributed by atoms with Crippen LogP contribution in [-0.2, 0) is 9.08 Å². The maximum Gasteiger partial charge on any atom is 0.331 e. The van der Waals surface area contributed by atoms with Gasteiger partial charge in [-0.3, -0.25) is 0 Å². The molecule has 0 saturated heterocycles. The molecule has 2 aromatic carbocycles. The molecular formula is C14H13ClO3. The lowest BCUT2D eigenvalue weighted by molar-refractivity contribution is -0.135. The van der Waals surface area contributed by atoms with Gasteiger partial charge in [0.25, 0.3) is 0 Å². The average molecular weight is 265 g/mol. The van der Waals surface area contributed by atoms with E-state index in [1.54, 1.807) is 14.0 Å². The van der Waals surface area contributed by atoms with Gasteiger partial charge in [-0.2, -0.15) is 0 Å². The van der Waals surface area contributed by atoms with Crippen molar-refractivity contribution in [1.29, 1.82) is 0 Å². The van der Waals surface area contributed by atoms with Crippen molar-refractivity contribution < 1.29 is 13.8 Å². The molecule has 0 saturated carbocycles. The summed E-state index contributed by atoms with van der Waals surface area (Å²) in [6.07, 6.45) is 0. The van der Waals surface area contributed by atoms with Crippen LogP contribution in [0.15, 0.2) is 36.4 Å². The molecule has 4 heteroatoms. The number of rotatable bonds is 3. The standard InChI is InChI=1S/C14H13ClO3/c1-9(14(16)18-15)10-3-4-12-8-13(17-2)6-5-11(12)7-10/h3-9H,1-2H3. The molecule has 0 N–H and O–H groups in total. The molecule has 1 atom stereocenters. The van der Waals surface area contributed by atoms with E-state index in [1.807, 2.05) is 36.4 Å². The van der Waals surface area contributed by atoms with Gasteiger partial charge in [0, 0.05) is 0 Å². The summed E-state index contributed by atoms with van der Waals surface area (Å²) in [7, 11) is 1.63. The summed E-state index contributed by atoms with van der Waals surface area (Å²) in [5.74, 6) is -0.0259. The van der Waals surface area contributed by atoms with E-state index in [0.29, 0.717) is 0 Å². The van der Waals surface area contributed by atoms with Gasteiger partial charge in [0.1, 0.15) is 17.6 Å². The van der Waals surface area contributed by atoms with Gasteiger partial charge in [0.15, 0.2) is 0 Å². The number of carbonyl (C=O) groups is 1. The number of halogens is 1. The maximum atomic E-state index is 11.4. The van der Waals surface area contributed by atoms with Gasteiger partial charge in [0.2, 0.25) is 0 Å². The van der Waals surface area contributed by atoms with E-state index in [1.165, 1.54) is 0 Å². The van der Waals surface area contributed by atoms with Gasteiger partial charge in [-0.25, -0.2) is 4.79 Å². The summed E-state index contributed by atoms with van der Waals surface area (Å²) in [5.41, 5.74) is 0.873. The first-order chi connectivity index (χ1) is 8.65. The predicted octanol–water partition coefficient (Wildman–Crippen LogP) is 3.65. The molecule has 0 aromatic heterocycles. The molecule has 0 radical (unpaired) electrons. The zero-order valence-electron chi connectivity index (χ0n) is 10.1. The highest BCUT2D eigenvalue weighted by Gasteiger charge is 2.16. The number of ether oxygens (including phenoxy) is 1. The van der Waals surface area contributed by atoms with Crippen LogP contribution in [0.25, 0.3) is 10.8 Å². The van der Waals surface area contributed by atoms with Crippen molar-refractivity contribution in [2.75, 3.05) is 7.11 Å². The second-order valence-corrected chi connectivity index (χ2v) is 4.24. The molecule has 2 rings (SSSR count). The molecule has 0 bridgehead atoms. The highest BCUT2D eigenvalue weighted by atomic mass is 35.5. The van der Waals surface area contributed by atoms with Gasteiger partial charge in [-0.1, -0.05) is 24.3 Å². The average Bonchev–Trinajstić information content (AvgIpc) is 2.44. The SMILES string of the molecule is COc1ccc2cc(C(C)C(=O)OCl)ccc2c1. The number of hydrogen-bond donors (Lipinski definition) is 0. The largest absolute Gasteiger partial charge is 0.497 e. The molecular weight excluding hydrogens is 252 g/mol. The quantitative estimate of drug-likeness (QED) is 0.849. The molecule has 0 aliphatic heterocycles. The van der Waals surface area contributed by atoms with Crippen molar-refractivity contribution in [3.63, 3.8) is 0 Å². The molecule has 2 aromatic rings. The van der Waals surface area contributed by atoms with Gasteiger partial charge < -0.3 is 9.03 Å². The van der Waals surface area contributed by atoms with E-state index >= 15 is 0 Å². The van der Waals surface area contributed by atoms with Crippen molar-refractivity contribution in [3.8, 4) is 5.75 Å². The second-order valence-electron chi connectivity index (χ2n) is 4.09. The molecule has 0 amide bonds. The first kappa shape index (κ1) is 12.7. The Bertz CT molecular complexity index is 580. The summed E-state index contributed by atoms with van der Waals surface area (Å²) in [6.45, 7) is 1.76. The van der Waals surface area contributed by atoms with E-state index in [2.05, 4.69) is 4.29 Å². The van der Waals surface area contributed by atoms with E-state index in [-0.39, 0.29) is 5.92 Å². The summed E-state index contributed by atoms with van der Waals surface area (Å²) < 4.78 is 9.39. The van der Waals surface area contributed by atoms with Crippen molar-refractivity contribution in [3.05, 3.63) is 42.0 Å². The summed E-state index contributed by atoms with van der Waals surface area (Å²) in [4.78, 5) is 11.4. The molecule has 0 aliphatic rings. The van der Waals surface area contributed by atoms with Crippen LogP contribution < -0.4 is 4.74 Å². The van der Waals surface area contributed by atoms with E-state index < -0.39 is 5.97 Å². The number of hydrogen-bond acceptors (Lipinski definition) is 3. The van der Waals surface area contributed by atoms with Crippen molar-refractivity contribution in [1.82, 2.24) is 0 Å². The second kappa shape index (κ2) is 5.27. The third kappa shape index (κ3) is 2.41. The van der Waals surface area contributed by atoms with E-state index in [4.69, 9.17) is 16.6 Å². The highest BCUT2D eigenvalue weighted by Crippen LogP contribution is 2.25. The van der Waals surface area contributed by atoms with Gasteiger partial charge in [-0.05, 0) is 35.4 Å². The Kier molecular flexibility index (Phi) is 3.72. The van der Waals surface area contributed by atoms with Crippen LogP contribution in [0.3, 0.4) is 0 Å². The number of carbonyl (C=O) groups excluding carboxylic acids is 1. The third-order valence-corrected chi connectivity index (χ3v) is 3.15. The molecule has 18 heavy (non-hydrogen) atoms. The first-order valence-corrected chi connectivity index (χ1v) is 5.86.